The lowest BCUT2D eigenvalue weighted by atomic mass is 10.1. The minimum atomic E-state index is -4.10. The van der Waals surface area contributed by atoms with Gasteiger partial charge in [0.2, 0.25) is 5.78 Å². The molecule has 1 saturated carbocycles. The van der Waals surface area contributed by atoms with Gasteiger partial charge < -0.3 is 10.0 Å². The number of hydrogen-bond acceptors (Lipinski definition) is 9. The normalized spacial score (nSPS) is 20.2. The summed E-state index contributed by atoms with van der Waals surface area (Å²) in [5, 5.41) is 19.7. The van der Waals surface area contributed by atoms with Crippen LogP contribution in [0.5, 0.6) is 0 Å². The van der Waals surface area contributed by atoms with Crippen LogP contribution in [0, 0.1) is 5.92 Å². The number of aromatic nitrogens is 4. The van der Waals surface area contributed by atoms with E-state index in [1.54, 1.807) is 28.9 Å². The summed E-state index contributed by atoms with van der Waals surface area (Å²) >= 11 is 3.45. The summed E-state index contributed by atoms with van der Waals surface area (Å²) in [5.41, 5.74) is 1.57. The Labute approximate surface area is 211 Å². The minimum absolute atomic E-state index is 0.199. The first-order valence-corrected chi connectivity index (χ1v) is 13.1. The topological polar surface area (TPSA) is 154 Å². The molecule has 3 atom stereocenters. The molecular formula is C22H25BrN6O5S. The monoisotopic (exact) mass is 564 g/mol. The molecule has 1 aromatic carbocycles. The van der Waals surface area contributed by atoms with Gasteiger partial charge in [0, 0.05) is 35.9 Å². The SMILES string of the molecule is CN(c1ncncc1C(=O)c1ccn(Cc2cccc(Br)c2)n1)[C@@H]1C[C@H](COS(N)(=O)=O)[C@@H](O)C1. The van der Waals surface area contributed by atoms with Gasteiger partial charge in [0.1, 0.15) is 17.8 Å². The van der Waals surface area contributed by atoms with Gasteiger partial charge in [-0.05, 0) is 36.6 Å². The van der Waals surface area contributed by atoms with Crippen molar-refractivity contribution < 1.29 is 22.5 Å². The zero-order valence-corrected chi connectivity index (χ0v) is 21.3. The zero-order chi connectivity index (χ0) is 25.2. The number of aliphatic hydroxyl groups excluding tert-OH is 1. The number of aliphatic hydroxyl groups is 1. The number of nitrogens with two attached hydrogens (primary N) is 1. The van der Waals surface area contributed by atoms with Crippen molar-refractivity contribution in [2.75, 3.05) is 18.6 Å². The third-order valence-electron chi connectivity index (χ3n) is 6.00. The standard InChI is InChI=1S/C22H25BrN6O5S/c1-28(17-8-15(20(30)9-17)12-34-35(24,32)33)22-18(10-25-13-26-22)21(31)19-5-6-29(27-19)11-14-3-2-4-16(23)7-14/h2-7,10,13,15,17,20,30H,8-9,11-12H2,1H3,(H2,24,32,33)/t15-,17-,20+/m1/s1. The summed E-state index contributed by atoms with van der Waals surface area (Å²) in [7, 11) is -2.33. The molecule has 0 spiro atoms. The Kier molecular flexibility index (Phi) is 7.62. The van der Waals surface area contributed by atoms with Crippen molar-refractivity contribution >= 4 is 37.8 Å². The summed E-state index contributed by atoms with van der Waals surface area (Å²) in [4.78, 5) is 23.4. The Bertz CT molecular complexity index is 1320. The van der Waals surface area contributed by atoms with Crippen LogP contribution in [-0.2, 0) is 21.0 Å². The van der Waals surface area contributed by atoms with Crippen molar-refractivity contribution in [3.63, 3.8) is 0 Å². The second-order valence-corrected chi connectivity index (χ2v) is 10.6. The molecule has 0 radical (unpaired) electrons. The van der Waals surface area contributed by atoms with Gasteiger partial charge in [0.25, 0.3) is 0 Å². The number of anilines is 1. The Morgan fingerprint density at radius 2 is 2.14 bits per heavy atom. The fourth-order valence-electron chi connectivity index (χ4n) is 4.22. The lowest BCUT2D eigenvalue weighted by Crippen LogP contribution is -2.32. The summed E-state index contributed by atoms with van der Waals surface area (Å²) in [6, 6.07) is 9.28. The zero-order valence-electron chi connectivity index (χ0n) is 18.9. The van der Waals surface area contributed by atoms with E-state index in [1.807, 2.05) is 24.3 Å². The number of hydrogen-bond donors (Lipinski definition) is 2. The number of carbonyl (C=O) groups is 1. The second kappa shape index (κ2) is 10.5. The Hall–Kier alpha value is -2.71. The molecule has 1 aliphatic rings. The highest BCUT2D eigenvalue weighted by molar-refractivity contribution is 9.10. The van der Waals surface area contributed by atoms with E-state index in [0.717, 1.165) is 10.0 Å². The van der Waals surface area contributed by atoms with E-state index < -0.39 is 22.3 Å². The van der Waals surface area contributed by atoms with Crippen LogP contribution in [-0.4, -0.2) is 64.9 Å². The smallest absolute Gasteiger partial charge is 0.333 e. The molecular weight excluding hydrogens is 540 g/mol. The van der Waals surface area contributed by atoms with E-state index in [9.17, 15) is 18.3 Å². The fraction of sp³-hybridized carbons (Fsp3) is 0.364. The van der Waals surface area contributed by atoms with Crippen LogP contribution in [0.2, 0.25) is 0 Å². The van der Waals surface area contributed by atoms with Gasteiger partial charge in [-0.3, -0.25) is 13.7 Å². The lowest BCUT2D eigenvalue weighted by Gasteiger charge is -2.27. The average molecular weight is 565 g/mol. The van der Waals surface area contributed by atoms with Crippen LogP contribution in [0.15, 0.2) is 53.5 Å². The maximum Gasteiger partial charge on any atom is 0.333 e. The predicted octanol–water partition coefficient (Wildman–Crippen LogP) is 1.51. The number of benzene rings is 1. The van der Waals surface area contributed by atoms with Gasteiger partial charge in [-0.25, -0.2) is 15.1 Å². The first kappa shape index (κ1) is 25.4. The van der Waals surface area contributed by atoms with Gasteiger partial charge in [0.05, 0.1) is 24.8 Å². The Morgan fingerprint density at radius 1 is 1.34 bits per heavy atom. The summed E-state index contributed by atoms with van der Waals surface area (Å²) < 4.78 is 29.5. The van der Waals surface area contributed by atoms with Crippen molar-refractivity contribution in [2.45, 2.75) is 31.5 Å². The van der Waals surface area contributed by atoms with Crippen molar-refractivity contribution in [3.05, 3.63) is 70.3 Å². The van der Waals surface area contributed by atoms with E-state index in [1.165, 1.54) is 12.5 Å². The largest absolute Gasteiger partial charge is 0.393 e. The van der Waals surface area contributed by atoms with Gasteiger partial charge in [-0.2, -0.15) is 13.5 Å². The average Bonchev–Trinajstić information content (AvgIpc) is 3.43. The molecule has 0 saturated heterocycles. The minimum Gasteiger partial charge on any atom is -0.393 e. The Balaban J connectivity index is 1.49. The van der Waals surface area contributed by atoms with Crippen molar-refractivity contribution in [1.29, 1.82) is 0 Å². The maximum atomic E-state index is 13.3. The van der Waals surface area contributed by atoms with Crippen LogP contribution >= 0.6 is 15.9 Å². The number of nitrogens with zero attached hydrogens (tertiary/aromatic N) is 5. The number of ketones is 1. The molecule has 3 N–H and O–H groups in total. The first-order chi connectivity index (χ1) is 16.6. The molecule has 0 unspecified atom stereocenters. The molecule has 0 aliphatic heterocycles. The maximum absolute atomic E-state index is 13.3. The molecule has 2 aromatic heterocycles. The highest BCUT2D eigenvalue weighted by atomic mass is 79.9. The van der Waals surface area contributed by atoms with Crippen molar-refractivity contribution in [1.82, 2.24) is 19.7 Å². The molecule has 0 bridgehead atoms. The molecule has 1 aliphatic carbocycles. The molecule has 35 heavy (non-hydrogen) atoms. The molecule has 2 heterocycles. The molecule has 13 heteroatoms. The quantitative estimate of drug-likeness (QED) is 0.368. The van der Waals surface area contributed by atoms with Gasteiger partial charge in [-0.1, -0.05) is 28.1 Å². The summed E-state index contributed by atoms with van der Waals surface area (Å²) in [5.74, 6) is -0.347. The summed E-state index contributed by atoms with van der Waals surface area (Å²) in [6.07, 6.45) is 4.55. The Morgan fingerprint density at radius 3 is 2.89 bits per heavy atom. The second-order valence-electron chi connectivity index (χ2n) is 8.46. The first-order valence-electron chi connectivity index (χ1n) is 10.8. The van der Waals surface area contributed by atoms with E-state index >= 15 is 0 Å². The number of carbonyl (C=O) groups excluding carboxylic acids is 1. The predicted molar refractivity (Wildman–Crippen MR) is 131 cm³/mol. The van der Waals surface area contributed by atoms with Gasteiger partial charge >= 0.3 is 10.3 Å². The third kappa shape index (κ3) is 6.30. The summed E-state index contributed by atoms with van der Waals surface area (Å²) in [6.45, 7) is 0.294. The molecule has 4 rings (SSSR count). The van der Waals surface area contributed by atoms with Gasteiger partial charge in [-0.15, -0.1) is 0 Å². The van der Waals surface area contributed by atoms with E-state index in [-0.39, 0.29) is 29.7 Å². The van der Waals surface area contributed by atoms with Crippen LogP contribution < -0.4 is 10.0 Å². The van der Waals surface area contributed by atoms with Crippen molar-refractivity contribution in [3.8, 4) is 0 Å². The van der Waals surface area contributed by atoms with Gasteiger partial charge in [0.15, 0.2) is 0 Å². The molecule has 1 fully saturated rings. The van der Waals surface area contributed by atoms with Crippen molar-refractivity contribution in [2.24, 2.45) is 11.1 Å². The van der Waals surface area contributed by atoms with Crippen LogP contribution in [0.3, 0.4) is 0 Å². The highest BCUT2D eigenvalue weighted by Gasteiger charge is 2.37. The number of rotatable bonds is 9. The third-order valence-corrected chi connectivity index (χ3v) is 6.96. The molecule has 11 nitrogen and oxygen atoms in total. The fourth-order valence-corrected chi connectivity index (χ4v) is 5.03. The van der Waals surface area contributed by atoms with E-state index in [4.69, 9.17) is 5.14 Å². The van der Waals surface area contributed by atoms with Crippen LogP contribution in [0.1, 0.15) is 34.5 Å². The lowest BCUT2D eigenvalue weighted by molar-refractivity contribution is 0.100. The molecule has 3 aromatic rings. The van der Waals surface area contributed by atoms with Crippen LogP contribution in [0.4, 0.5) is 5.82 Å². The van der Waals surface area contributed by atoms with E-state index in [0.29, 0.717) is 25.2 Å². The molecule has 186 valence electrons. The van der Waals surface area contributed by atoms with E-state index in [2.05, 4.69) is 35.2 Å². The highest BCUT2D eigenvalue weighted by Crippen LogP contribution is 2.33. The molecule has 0 amide bonds. The van der Waals surface area contributed by atoms with Crippen LogP contribution in [0.25, 0.3) is 0 Å². The number of halogens is 1.